The third-order valence-electron chi connectivity index (χ3n) is 4.22. The van der Waals surface area contributed by atoms with Gasteiger partial charge in [0.2, 0.25) is 0 Å². The number of hydrogen-bond donors (Lipinski definition) is 1. The van der Waals surface area contributed by atoms with Crippen LogP contribution >= 0.6 is 11.6 Å². The maximum absolute atomic E-state index is 13.2. The van der Waals surface area contributed by atoms with Gasteiger partial charge in [0.15, 0.2) is 0 Å². The van der Waals surface area contributed by atoms with E-state index in [1.165, 1.54) is 11.6 Å². The van der Waals surface area contributed by atoms with Crippen LogP contribution in [0.25, 0.3) is 0 Å². The molecule has 1 saturated carbocycles. The van der Waals surface area contributed by atoms with Crippen molar-refractivity contribution in [3.63, 3.8) is 0 Å². The van der Waals surface area contributed by atoms with Gasteiger partial charge in [-0.05, 0) is 67.1 Å². The fourth-order valence-electron chi connectivity index (χ4n) is 2.89. The normalized spacial score (nSPS) is 21.0. The standard InChI is InChI=1S/C18H19ClFN/c19-16-6-4-13(5-7-16)8-9-21-18-11-15(12-18)14-2-1-3-17(20)10-14/h1-7,10,15,18,21H,8-9,11-12H2. The highest BCUT2D eigenvalue weighted by Crippen LogP contribution is 2.36. The minimum absolute atomic E-state index is 0.133. The Morgan fingerprint density at radius 3 is 2.57 bits per heavy atom. The fraction of sp³-hybridized carbons (Fsp3) is 0.333. The SMILES string of the molecule is Fc1cccc(C2CC(NCCc3ccc(Cl)cc3)C2)c1. The lowest BCUT2D eigenvalue weighted by atomic mass is 9.76. The zero-order valence-electron chi connectivity index (χ0n) is 11.9. The second kappa shape index (κ2) is 6.59. The average molecular weight is 304 g/mol. The van der Waals surface area contributed by atoms with Crippen molar-refractivity contribution in [1.82, 2.24) is 5.32 Å². The minimum atomic E-state index is -0.133. The summed E-state index contributed by atoms with van der Waals surface area (Å²) in [6, 6.07) is 15.6. The van der Waals surface area contributed by atoms with E-state index in [0.29, 0.717) is 12.0 Å². The molecule has 1 aliphatic carbocycles. The van der Waals surface area contributed by atoms with Crippen LogP contribution in [0.3, 0.4) is 0 Å². The molecule has 1 fully saturated rings. The van der Waals surface area contributed by atoms with Gasteiger partial charge in [-0.2, -0.15) is 0 Å². The first-order valence-electron chi connectivity index (χ1n) is 7.44. The predicted octanol–water partition coefficient (Wildman–Crippen LogP) is 4.56. The summed E-state index contributed by atoms with van der Waals surface area (Å²) in [5, 5.41) is 4.35. The van der Waals surface area contributed by atoms with Gasteiger partial charge in [0.25, 0.3) is 0 Å². The van der Waals surface area contributed by atoms with E-state index >= 15 is 0 Å². The largest absolute Gasteiger partial charge is 0.314 e. The Hall–Kier alpha value is -1.38. The van der Waals surface area contributed by atoms with Crippen LogP contribution in [0.15, 0.2) is 48.5 Å². The Labute approximate surface area is 130 Å². The summed E-state index contributed by atoms with van der Waals surface area (Å²) in [5.74, 6) is 0.375. The summed E-state index contributed by atoms with van der Waals surface area (Å²) < 4.78 is 13.2. The zero-order valence-corrected chi connectivity index (χ0v) is 12.6. The van der Waals surface area contributed by atoms with Crippen molar-refractivity contribution < 1.29 is 4.39 Å². The molecule has 0 amide bonds. The second-order valence-corrected chi connectivity index (χ2v) is 6.19. The fourth-order valence-corrected chi connectivity index (χ4v) is 3.01. The van der Waals surface area contributed by atoms with Gasteiger partial charge in [-0.3, -0.25) is 0 Å². The van der Waals surface area contributed by atoms with E-state index in [0.717, 1.165) is 36.4 Å². The van der Waals surface area contributed by atoms with Gasteiger partial charge in [0.05, 0.1) is 0 Å². The summed E-state index contributed by atoms with van der Waals surface area (Å²) in [6.45, 7) is 0.974. The third kappa shape index (κ3) is 3.84. The number of rotatable bonds is 5. The van der Waals surface area contributed by atoms with Gasteiger partial charge in [-0.1, -0.05) is 35.9 Å². The topological polar surface area (TPSA) is 12.0 Å². The molecular weight excluding hydrogens is 285 g/mol. The Kier molecular flexibility index (Phi) is 4.57. The summed E-state index contributed by atoms with van der Waals surface area (Å²) in [7, 11) is 0. The Morgan fingerprint density at radius 1 is 1.10 bits per heavy atom. The van der Waals surface area contributed by atoms with Gasteiger partial charge < -0.3 is 5.32 Å². The Bertz CT molecular complexity index is 590. The highest BCUT2D eigenvalue weighted by atomic mass is 35.5. The average Bonchev–Trinajstić information content (AvgIpc) is 2.43. The van der Waals surface area contributed by atoms with E-state index < -0.39 is 0 Å². The molecule has 0 bridgehead atoms. The molecule has 2 aromatic rings. The van der Waals surface area contributed by atoms with Crippen LogP contribution in [-0.4, -0.2) is 12.6 Å². The van der Waals surface area contributed by atoms with Crippen LogP contribution < -0.4 is 5.32 Å². The van der Waals surface area contributed by atoms with Crippen molar-refractivity contribution in [3.05, 3.63) is 70.5 Å². The smallest absolute Gasteiger partial charge is 0.123 e. The van der Waals surface area contributed by atoms with E-state index in [4.69, 9.17) is 11.6 Å². The van der Waals surface area contributed by atoms with E-state index in [-0.39, 0.29) is 5.82 Å². The first kappa shape index (κ1) is 14.6. The predicted molar refractivity (Wildman–Crippen MR) is 85.3 cm³/mol. The molecule has 1 aliphatic rings. The molecule has 21 heavy (non-hydrogen) atoms. The molecule has 0 heterocycles. The molecule has 1 N–H and O–H groups in total. The maximum Gasteiger partial charge on any atom is 0.123 e. The monoisotopic (exact) mass is 303 g/mol. The Morgan fingerprint density at radius 2 is 1.86 bits per heavy atom. The lowest BCUT2D eigenvalue weighted by Crippen LogP contribution is -2.40. The summed E-state index contributed by atoms with van der Waals surface area (Å²) in [4.78, 5) is 0. The van der Waals surface area contributed by atoms with Crippen molar-refractivity contribution in [2.45, 2.75) is 31.2 Å². The van der Waals surface area contributed by atoms with E-state index in [1.807, 2.05) is 18.2 Å². The van der Waals surface area contributed by atoms with Crippen molar-refractivity contribution in [2.75, 3.05) is 6.54 Å². The molecule has 0 unspecified atom stereocenters. The molecule has 0 saturated heterocycles. The van der Waals surface area contributed by atoms with E-state index in [2.05, 4.69) is 17.4 Å². The third-order valence-corrected chi connectivity index (χ3v) is 4.47. The zero-order chi connectivity index (χ0) is 14.7. The van der Waals surface area contributed by atoms with Crippen LogP contribution in [0.5, 0.6) is 0 Å². The van der Waals surface area contributed by atoms with Crippen LogP contribution in [0.1, 0.15) is 29.9 Å². The minimum Gasteiger partial charge on any atom is -0.314 e. The number of hydrogen-bond acceptors (Lipinski definition) is 1. The van der Waals surface area contributed by atoms with Crippen molar-refractivity contribution in [1.29, 1.82) is 0 Å². The van der Waals surface area contributed by atoms with Crippen molar-refractivity contribution in [3.8, 4) is 0 Å². The lowest BCUT2D eigenvalue weighted by molar-refractivity contribution is 0.292. The van der Waals surface area contributed by atoms with Crippen LogP contribution in [0.2, 0.25) is 5.02 Å². The van der Waals surface area contributed by atoms with Crippen LogP contribution in [0.4, 0.5) is 4.39 Å². The quantitative estimate of drug-likeness (QED) is 0.854. The lowest BCUT2D eigenvalue weighted by Gasteiger charge is -2.36. The number of halogens is 2. The molecule has 0 atom stereocenters. The van der Waals surface area contributed by atoms with Gasteiger partial charge in [-0.15, -0.1) is 0 Å². The van der Waals surface area contributed by atoms with Crippen molar-refractivity contribution >= 4 is 11.6 Å². The highest BCUT2D eigenvalue weighted by Gasteiger charge is 2.29. The summed E-state index contributed by atoms with van der Waals surface area (Å²) in [5.41, 5.74) is 2.43. The molecule has 0 radical (unpaired) electrons. The van der Waals surface area contributed by atoms with Gasteiger partial charge >= 0.3 is 0 Å². The maximum atomic E-state index is 13.2. The summed E-state index contributed by atoms with van der Waals surface area (Å²) in [6.07, 6.45) is 3.21. The first-order chi connectivity index (χ1) is 10.2. The van der Waals surface area contributed by atoms with E-state index in [9.17, 15) is 4.39 Å². The van der Waals surface area contributed by atoms with Gasteiger partial charge in [0.1, 0.15) is 5.82 Å². The molecule has 0 aromatic heterocycles. The van der Waals surface area contributed by atoms with Gasteiger partial charge in [-0.25, -0.2) is 4.39 Å². The summed E-state index contributed by atoms with van der Waals surface area (Å²) >= 11 is 5.87. The molecule has 110 valence electrons. The first-order valence-corrected chi connectivity index (χ1v) is 7.82. The second-order valence-electron chi connectivity index (χ2n) is 5.75. The van der Waals surface area contributed by atoms with Crippen LogP contribution in [-0.2, 0) is 6.42 Å². The van der Waals surface area contributed by atoms with Gasteiger partial charge in [0, 0.05) is 11.1 Å². The molecule has 1 nitrogen and oxygen atoms in total. The molecular formula is C18H19ClFN. The van der Waals surface area contributed by atoms with E-state index in [1.54, 1.807) is 12.1 Å². The van der Waals surface area contributed by atoms with Crippen molar-refractivity contribution in [2.24, 2.45) is 0 Å². The highest BCUT2D eigenvalue weighted by molar-refractivity contribution is 6.30. The molecule has 3 rings (SSSR count). The van der Waals surface area contributed by atoms with Crippen LogP contribution in [0, 0.1) is 5.82 Å². The molecule has 2 aromatic carbocycles. The molecule has 0 aliphatic heterocycles. The Balaban J connectivity index is 1.40. The number of benzene rings is 2. The molecule has 3 heteroatoms. The molecule has 0 spiro atoms. The number of nitrogens with one attached hydrogen (secondary N) is 1.